The van der Waals surface area contributed by atoms with E-state index in [1.807, 2.05) is 4.90 Å². The molecule has 19 heteroatoms. The van der Waals surface area contributed by atoms with Crippen molar-refractivity contribution in [1.29, 1.82) is 0 Å². The zero-order valence-corrected chi connectivity index (χ0v) is 34.5. The minimum Gasteiger partial charge on any atom is -0.335 e. The summed E-state index contributed by atoms with van der Waals surface area (Å²) in [6, 6.07) is 3.24. The fraction of sp³-hybridized carbons (Fsp3) is 0.400. The quantitative estimate of drug-likeness (QED) is 0.0378. The number of rotatable bonds is 16. The molecule has 326 valence electrons. The van der Waals surface area contributed by atoms with E-state index in [9.17, 15) is 39.5 Å². The van der Waals surface area contributed by atoms with Gasteiger partial charge in [0.15, 0.2) is 59.7 Å². The summed E-state index contributed by atoms with van der Waals surface area (Å²) in [6.45, 7) is 14.3. The number of hydrogen-bond donors (Lipinski definition) is 1. The first-order valence-electron chi connectivity index (χ1n) is 19.1. The molecule has 0 radical (unpaired) electrons. The van der Waals surface area contributed by atoms with Crippen LogP contribution < -0.4 is 31.9 Å². The average molecular weight is 896 g/mol. The van der Waals surface area contributed by atoms with Crippen LogP contribution >= 0.6 is 11.1 Å². The first kappa shape index (κ1) is 49.7. The Morgan fingerprint density at radius 3 is 0.864 bits per heavy atom. The summed E-state index contributed by atoms with van der Waals surface area (Å²) < 4.78 is 225. The van der Waals surface area contributed by atoms with E-state index in [-0.39, 0.29) is 17.3 Å². The lowest BCUT2D eigenvalue weighted by molar-refractivity contribution is -0.900. The molecule has 59 heavy (non-hydrogen) atoms. The molecule has 0 aliphatic carbocycles. The van der Waals surface area contributed by atoms with Crippen molar-refractivity contribution in [3.05, 3.63) is 112 Å². The van der Waals surface area contributed by atoms with Gasteiger partial charge in [-0.25, -0.2) is 65.9 Å². The van der Waals surface area contributed by atoms with Gasteiger partial charge in [-0.3, -0.25) is 0 Å². The van der Waals surface area contributed by atoms with E-state index in [0.29, 0.717) is 12.1 Å². The highest BCUT2D eigenvalue weighted by Crippen LogP contribution is 2.29. The summed E-state index contributed by atoms with van der Waals surface area (Å²) in [5, 5.41) is 0.167. The second kappa shape index (κ2) is 20.8. The maximum Gasteiger partial charge on any atom is 0.200 e. The van der Waals surface area contributed by atoms with E-state index in [0.717, 1.165) is 12.1 Å². The van der Waals surface area contributed by atoms with Crippen molar-refractivity contribution in [2.75, 3.05) is 19.6 Å². The van der Waals surface area contributed by atoms with Gasteiger partial charge >= 0.3 is 0 Å². The Bertz CT molecular complexity index is 1840. The molecule has 0 bridgehead atoms. The van der Waals surface area contributed by atoms with E-state index >= 15 is 26.3 Å². The molecule has 0 aromatic heterocycles. The minimum atomic E-state index is -5.81. The number of benzene rings is 4. The molecule has 0 aliphatic heterocycles. The minimum absolute atomic E-state index is 0.167. The van der Waals surface area contributed by atoms with E-state index in [2.05, 4.69) is 20.8 Å². The number of halogens is 16. The van der Waals surface area contributed by atoms with Gasteiger partial charge in [0.05, 0.1) is 19.6 Å². The van der Waals surface area contributed by atoms with Crippen molar-refractivity contribution in [2.45, 2.75) is 85.2 Å². The van der Waals surface area contributed by atoms with Gasteiger partial charge in [0.25, 0.3) is 0 Å². The molecule has 0 saturated heterocycles. The summed E-state index contributed by atoms with van der Waals surface area (Å²) in [4.78, 5) is 1.84. The normalized spacial score (nSPS) is 12.0. The Kier molecular flexibility index (Phi) is 17.5. The van der Waals surface area contributed by atoms with Crippen LogP contribution in [0.5, 0.6) is 0 Å². The van der Waals surface area contributed by atoms with Crippen molar-refractivity contribution in [3.63, 3.8) is 0 Å². The molecule has 4 rings (SSSR count). The van der Waals surface area contributed by atoms with Crippen LogP contribution in [0.15, 0.2) is 24.3 Å². The number of hydrogen-bond acceptors (Lipinski definition) is 0. The lowest BCUT2D eigenvalue weighted by atomic mass is 9.12. The predicted molar refractivity (Wildman–Crippen MR) is 202 cm³/mol. The summed E-state index contributed by atoms with van der Waals surface area (Å²) in [5.74, 6) is -45.6. The van der Waals surface area contributed by atoms with Gasteiger partial charge in [0, 0.05) is 0 Å². The molecule has 0 fully saturated rings. The molecule has 0 aliphatic rings. The zero-order valence-electron chi connectivity index (χ0n) is 32.7. The number of nitrogens with one attached hydrogen (secondary N) is 1. The molecule has 4 aromatic rings. The molecule has 0 unspecified atom stereocenters. The summed E-state index contributed by atoms with van der Waals surface area (Å²) in [7, 11) is -3.01. The monoisotopic (exact) mass is 895 g/mol. The number of quaternary nitrogens is 1. The van der Waals surface area contributed by atoms with Crippen molar-refractivity contribution < 1.29 is 70.8 Å². The standard InChI is InChI=1S/C28H14BClF15Si.C12H27N/c1-3-46(30,4-2)10-7-5-9(6-8-10)29(11-14(31)20(37)26(43)21(38)15(11)32,12-16(33)22(39)27(44)23(40)17(12)34)13-18(35)24(41)28(45)25(42)19(13)36;1-4-7-10-13(11-8-5-2)12-9-6-3/h5-8H,3-4H2,1-2H3;4-12H2,1-3H3/q-1;/p+1. The molecule has 0 saturated carbocycles. The Balaban J connectivity index is 0.000000615. The number of unbranched alkanes of at least 4 members (excludes halogenated alkanes) is 3. The first-order chi connectivity index (χ1) is 27.7. The topological polar surface area (TPSA) is 4.44 Å². The van der Waals surface area contributed by atoms with E-state index in [1.54, 1.807) is 13.8 Å². The summed E-state index contributed by atoms with van der Waals surface area (Å²) >= 11 is 6.64. The molecular formula is C40H42BClF15NSi. The van der Waals surface area contributed by atoms with Crippen molar-refractivity contribution in [3.8, 4) is 0 Å². The van der Waals surface area contributed by atoms with E-state index in [4.69, 9.17) is 11.1 Å². The van der Waals surface area contributed by atoms with Crippen LogP contribution in [0.25, 0.3) is 0 Å². The molecule has 0 heterocycles. The van der Waals surface area contributed by atoms with E-state index in [1.165, 1.54) is 58.2 Å². The first-order valence-corrected chi connectivity index (χ1v) is 22.5. The van der Waals surface area contributed by atoms with Crippen LogP contribution in [-0.4, -0.2) is 33.2 Å². The molecule has 4 aromatic carbocycles. The summed E-state index contributed by atoms with van der Waals surface area (Å²) in [5.41, 5.74) is -9.46. The fourth-order valence-corrected chi connectivity index (χ4v) is 9.78. The van der Waals surface area contributed by atoms with Crippen LogP contribution in [0.3, 0.4) is 0 Å². The third-order valence-electron chi connectivity index (χ3n) is 10.7. The molecule has 0 spiro atoms. The Labute approximate surface area is 338 Å². The van der Waals surface area contributed by atoms with Gasteiger partial charge in [0.1, 0.15) is 41.0 Å². The highest BCUT2D eigenvalue weighted by molar-refractivity contribution is 7.27. The Hall–Kier alpha value is -3.64. The Morgan fingerprint density at radius 2 is 0.644 bits per heavy atom. The lowest BCUT2D eigenvalue weighted by Gasteiger charge is -2.45. The van der Waals surface area contributed by atoms with Crippen molar-refractivity contribution in [2.24, 2.45) is 0 Å². The SMILES string of the molecule is CCCC[NH+](CCCC)CCCC.CC[Si](Cl)(CC)c1ccc([B-](c2c(F)c(F)c(F)c(F)c2F)(c2c(F)c(F)c(F)c(F)c2F)c2c(F)c(F)c(F)c(F)c2F)cc1. The maximum atomic E-state index is 15.7. The highest BCUT2D eigenvalue weighted by atomic mass is 35.6. The third-order valence-corrected chi connectivity index (χ3v) is 16.6. The van der Waals surface area contributed by atoms with E-state index < -0.39 is 123 Å². The predicted octanol–water partition coefficient (Wildman–Crippen LogP) is 8.85. The molecule has 0 amide bonds. The lowest BCUT2D eigenvalue weighted by Crippen LogP contribution is -3.12. The van der Waals surface area contributed by atoms with Crippen molar-refractivity contribution >= 4 is 51.6 Å². The molecule has 1 N–H and O–H groups in total. The molecular weight excluding hydrogens is 854 g/mol. The maximum absolute atomic E-state index is 15.7. The van der Waals surface area contributed by atoms with Crippen LogP contribution in [-0.2, 0) is 0 Å². The van der Waals surface area contributed by atoms with Crippen LogP contribution in [0.1, 0.15) is 73.1 Å². The molecule has 0 atom stereocenters. The summed E-state index contributed by atoms with van der Waals surface area (Å²) in [6.07, 6.45) is 2.45. The fourth-order valence-electron chi connectivity index (χ4n) is 7.32. The molecule has 1 nitrogen and oxygen atoms in total. The van der Waals surface area contributed by atoms with Gasteiger partial charge in [-0.15, -0.1) is 16.4 Å². The van der Waals surface area contributed by atoms with Gasteiger partial charge < -0.3 is 4.90 Å². The van der Waals surface area contributed by atoms with Gasteiger partial charge in [0.2, 0.25) is 0 Å². The van der Waals surface area contributed by atoms with Gasteiger partial charge in [-0.1, -0.05) is 78.1 Å². The highest BCUT2D eigenvalue weighted by Gasteiger charge is 2.49. The third kappa shape index (κ3) is 9.33. The smallest absolute Gasteiger partial charge is 0.200 e. The van der Waals surface area contributed by atoms with Crippen LogP contribution in [0.2, 0.25) is 12.1 Å². The van der Waals surface area contributed by atoms with Gasteiger partial charge in [-0.2, -0.15) is 16.5 Å². The second-order valence-electron chi connectivity index (χ2n) is 14.2. The second-order valence-corrected chi connectivity index (χ2v) is 20.3. The van der Waals surface area contributed by atoms with Gasteiger partial charge in [-0.05, 0) is 36.5 Å². The Morgan fingerprint density at radius 1 is 0.407 bits per heavy atom. The van der Waals surface area contributed by atoms with Crippen LogP contribution in [0, 0.1) is 87.3 Å². The zero-order chi connectivity index (χ0) is 44.7. The van der Waals surface area contributed by atoms with Crippen LogP contribution in [0.4, 0.5) is 65.9 Å². The van der Waals surface area contributed by atoms with Crippen molar-refractivity contribution in [1.82, 2.24) is 0 Å². The largest absolute Gasteiger partial charge is 0.335 e. The average Bonchev–Trinajstić information content (AvgIpc) is 3.24.